The molecule has 1 aromatic carbocycles. The van der Waals surface area contributed by atoms with Crippen molar-refractivity contribution in [2.45, 2.75) is 20.5 Å². The zero-order valence-electron chi connectivity index (χ0n) is 13.2. The van der Waals surface area contributed by atoms with Gasteiger partial charge in [-0.2, -0.15) is 0 Å². The third kappa shape index (κ3) is 3.10. The molecular formula is C17H15N3O4. The van der Waals surface area contributed by atoms with Crippen LogP contribution in [-0.4, -0.2) is 26.4 Å². The van der Waals surface area contributed by atoms with Crippen molar-refractivity contribution >= 4 is 5.97 Å². The minimum atomic E-state index is -1.12. The fraction of sp³-hybridized carbons (Fsp3) is 0.176. The molecule has 7 heteroatoms. The second-order valence-electron chi connectivity index (χ2n) is 5.24. The van der Waals surface area contributed by atoms with Crippen molar-refractivity contribution in [2.75, 3.05) is 0 Å². The minimum absolute atomic E-state index is 0.0894. The minimum Gasteiger partial charge on any atom is -0.476 e. The Morgan fingerprint density at radius 1 is 1.21 bits per heavy atom. The average molecular weight is 325 g/mol. The molecule has 0 radical (unpaired) electrons. The Kier molecular flexibility index (Phi) is 4.24. The standard InChI is InChI=1S/C17H15N3O4/c1-10-8-14(18-19-15(10)17(21)22)23-9-13-11(2)24-20-16(13)12-6-4-3-5-7-12/h3-8H,9H2,1-2H3,(H,21,22). The third-order valence-electron chi connectivity index (χ3n) is 3.56. The van der Waals surface area contributed by atoms with Gasteiger partial charge in [0, 0.05) is 11.6 Å². The fourth-order valence-electron chi connectivity index (χ4n) is 2.27. The predicted octanol–water partition coefficient (Wildman–Crippen LogP) is 3.03. The fourth-order valence-corrected chi connectivity index (χ4v) is 2.27. The smallest absolute Gasteiger partial charge is 0.356 e. The summed E-state index contributed by atoms with van der Waals surface area (Å²) >= 11 is 0. The van der Waals surface area contributed by atoms with Gasteiger partial charge < -0.3 is 14.4 Å². The lowest BCUT2D eigenvalue weighted by molar-refractivity contribution is 0.0688. The number of benzene rings is 1. The van der Waals surface area contributed by atoms with E-state index >= 15 is 0 Å². The molecule has 0 spiro atoms. The molecule has 0 saturated carbocycles. The lowest BCUT2D eigenvalue weighted by atomic mass is 10.1. The number of hydrogen-bond acceptors (Lipinski definition) is 6. The zero-order valence-corrected chi connectivity index (χ0v) is 13.2. The summed E-state index contributed by atoms with van der Waals surface area (Å²) in [6.07, 6.45) is 0. The number of nitrogens with zero attached hydrogens (tertiary/aromatic N) is 3. The van der Waals surface area contributed by atoms with E-state index < -0.39 is 5.97 Å². The Balaban J connectivity index is 1.82. The van der Waals surface area contributed by atoms with E-state index in [9.17, 15) is 4.79 Å². The van der Waals surface area contributed by atoms with Crippen molar-refractivity contribution < 1.29 is 19.2 Å². The van der Waals surface area contributed by atoms with Crippen LogP contribution in [0.1, 0.15) is 27.4 Å². The molecule has 0 fully saturated rings. The van der Waals surface area contributed by atoms with E-state index in [2.05, 4.69) is 15.4 Å². The topological polar surface area (TPSA) is 98.3 Å². The van der Waals surface area contributed by atoms with Gasteiger partial charge >= 0.3 is 5.97 Å². The molecule has 0 unspecified atom stereocenters. The highest BCUT2D eigenvalue weighted by atomic mass is 16.5. The molecule has 0 atom stereocenters. The highest BCUT2D eigenvalue weighted by Gasteiger charge is 2.16. The van der Waals surface area contributed by atoms with Crippen molar-refractivity contribution in [1.82, 2.24) is 15.4 Å². The molecule has 0 aliphatic carbocycles. The predicted molar refractivity (Wildman–Crippen MR) is 84.7 cm³/mol. The number of carboxylic acids is 1. The molecule has 0 aliphatic heterocycles. The largest absolute Gasteiger partial charge is 0.476 e. The Hall–Kier alpha value is -3.22. The molecule has 7 nitrogen and oxygen atoms in total. The van der Waals surface area contributed by atoms with Gasteiger partial charge in [0.1, 0.15) is 18.1 Å². The van der Waals surface area contributed by atoms with Gasteiger partial charge in [-0.3, -0.25) is 0 Å². The van der Waals surface area contributed by atoms with Crippen LogP contribution in [-0.2, 0) is 6.61 Å². The first-order valence-electron chi connectivity index (χ1n) is 7.27. The molecule has 0 amide bonds. The number of rotatable bonds is 5. The Labute approximate surface area is 137 Å². The maximum Gasteiger partial charge on any atom is 0.356 e. The summed E-state index contributed by atoms with van der Waals surface area (Å²) in [5.74, 6) is -0.217. The third-order valence-corrected chi connectivity index (χ3v) is 3.56. The first kappa shape index (κ1) is 15.7. The van der Waals surface area contributed by atoms with Gasteiger partial charge in [-0.05, 0) is 19.4 Å². The Morgan fingerprint density at radius 3 is 2.62 bits per heavy atom. The summed E-state index contributed by atoms with van der Waals surface area (Å²) in [5, 5.41) is 20.5. The molecule has 1 N–H and O–H groups in total. The van der Waals surface area contributed by atoms with Crippen LogP contribution in [0.4, 0.5) is 0 Å². The molecule has 3 rings (SSSR count). The summed E-state index contributed by atoms with van der Waals surface area (Å²) in [5.41, 5.74) is 2.84. The number of aromatic carboxylic acids is 1. The monoisotopic (exact) mass is 325 g/mol. The zero-order chi connectivity index (χ0) is 17.1. The number of aryl methyl sites for hydroxylation is 2. The van der Waals surface area contributed by atoms with Crippen molar-refractivity contribution in [2.24, 2.45) is 0 Å². The molecule has 0 bridgehead atoms. The van der Waals surface area contributed by atoms with Crippen LogP contribution in [0.25, 0.3) is 11.3 Å². The quantitative estimate of drug-likeness (QED) is 0.769. The van der Waals surface area contributed by atoms with E-state index in [1.54, 1.807) is 13.0 Å². The molecular weight excluding hydrogens is 310 g/mol. The lowest BCUT2D eigenvalue weighted by Gasteiger charge is -2.07. The van der Waals surface area contributed by atoms with Crippen LogP contribution < -0.4 is 4.74 Å². The number of hydrogen-bond donors (Lipinski definition) is 1. The van der Waals surface area contributed by atoms with Crippen molar-refractivity contribution in [3.05, 3.63) is 59.0 Å². The van der Waals surface area contributed by atoms with Gasteiger partial charge in [-0.1, -0.05) is 35.5 Å². The van der Waals surface area contributed by atoms with Gasteiger partial charge in [0.2, 0.25) is 5.88 Å². The number of carboxylic acid groups (broad SMARTS) is 1. The molecule has 122 valence electrons. The molecule has 0 aliphatic rings. The lowest BCUT2D eigenvalue weighted by Crippen LogP contribution is -2.07. The first-order valence-corrected chi connectivity index (χ1v) is 7.27. The average Bonchev–Trinajstić information content (AvgIpc) is 2.94. The van der Waals surface area contributed by atoms with Crippen molar-refractivity contribution in [3.8, 4) is 17.1 Å². The van der Waals surface area contributed by atoms with Crippen LogP contribution in [0.5, 0.6) is 5.88 Å². The van der Waals surface area contributed by atoms with Crippen molar-refractivity contribution in [3.63, 3.8) is 0 Å². The van der Waals surface area contributed by atoms with E-state index in [-0.39, 0.29) is 18.2 Å². The number of aromatic nitrogens is 3. The van der Waals surface area contributed by atoms with Crippen LogP contribution in [0.15, 0.2) is 40.9 Å². The highest BCUT2D eigenvalue weighted by molar-refractivity contribution is 5.86. The first-order chi connectivity index (χ1) is 11.6. The number of ether oxygens (including phenoxy) is 1. The van der Waals surface area contributed by atoms with Crippen LogP contribution in [0.2, 0.25) is 0 Å². The van der Waals surface area contributed by atoms with Crippen LogP contribution >= 0.6 is 0 Å². The van der Waals surface area contributed by atoms with E-state index in [4.69, 9.17) is 14.4 Å². The summed E-state index contributed by atoms with van der Waals surface area (Å²) in [6.45, 7) is 3.65. The van der Waals surface area contributed by atoms with E-state index in [0.29, 0.717) is 17.0 Å². The summed E-state index contributed by atoms with van der Waals surface area (Å²) < 4.78 is 10.9. The van der Waals surface area contributed by atoms with Crippen molar-refractivity contribution in [1.29, 1.82) is 0 Å². The maximum atomic E-state index is 11.0. The molecule has 2 aromatic heterocycles. The molecule has 2 heterocycles. The van der Waals surface area contributed by atoms with E-state index in [1.807, 2.05) is 37.3 Å². The maximum absolute atomic E-state index is 11.0. The van der Waals surface area contributed by atoms with Crippen LogP contribution in [0.3, 0.4) is 0 Å². The molecule has 24 heavy (non-hydrogen) atoms. The van der Waals surface area contributed by atoms with E-state index in [0.717, 1.165) is 11.1 Å². The summed E-state index contributed by atoms with van der Waals surface area (Å²) in [4.78, 5) is 11.0. The second-order valence-corrected chi connectivity index (χ2v) is 5.24. The van der Waals surface area contributed by atoms with Gasteiger partial charge in [-0.15, -0.1) is 10.2 Å². The van der Waals surface area contributed by atoms with Gasteiger partial charge in [0.25, 0.3) is 0 Å². The Morgan fingerprint density at radius 2 is 1.96 bits per heavy atom. The molecule has 0 saturated heterocycles. The summed E-state index contributed by atoms with van der Waals surface area (Å²) in [7, 11) is 0. The second kappa shape index (κ2) is 6.49. The SMILES string of the molecule is Cc1cc(OCc2c(-c3ccccc3)noc2C)nnc1C(=O)O. The highest BCUT2D eigenvalue weighted by Crippen LogP contribution is 2.26. The van der Waals surface area contributed by atoms with Crippen LogP contribution in [0, 0.1) is 13.8 Å². The molecule has 3 aromatic rings. The Bertz CT molecular complexity index is 875. The number of carbonyl (C=O) groups is 1. The van der Waals surface area contributed by atoms with Gasteiger partial charge in [0.15, 0.2) is 5.69 Å². The van der Waals surface area contributed by atoms with E-state index in [1.165, 1.54) is 0 Å². The van der Waals surface area contributed by atoms with Gasteiger partial charge in [0.05, 0.1) is 5.56 Å². The van der Waals surface area contributed by atoms with Gasteiger partial charge in [-0.25, -0.2) is 4.79 Å². The summed E-state index contributed by atoms with van der Waals surface area (Å²) in [6, 6.07) is 11.2. The normalized spacial score (nSPS) is 10.6.